The molecule has 0 amide bonds. The van der Waals surface area contributed by atoms with Crippen molar-refractivity contribution in [3.05, 3.63) is 41.5 Å². The van der Waals surface area contributed by atoms with Crippen LogP contribution >= 0.6 is 0 Å². The molecule has 0 saturated carbocycles. The third kappa shape index (κ3) is 4.83. The van der Waals surface area contributed by atoms with Crippen LogP contribution in [0, 0.1) is 5.41 Å². The molecule has 29 heavy (non-hydrogen) atoms. The van der Waals surface area contributed by atoms with Crippen LogP contribution in [0.2, 0.25) is 0 Å². The number of rotatable bonds is 3. The fourth-order valence-electron chi connectivity index (χ4n) is 2.93. The van der Waals surface area contributed by atoms with Gasteiger partial charge < -0.3 is 34.6 Å². The molecule has 8 nitrogen and oxygen atoms in total. The van der Waals surface area contributed by atoms with Crippen molar-refractivity contribution in [1.82, 2.24) is 0 Å². The van der Waals surface area contributed by atoms with Gasteiger partial charge in [0.15, 0.2) is 11.5 Å². The minimum absolute atomic E-state index is 0.0941. The van der Waals surface area contributed by atoms with E-state index < -0.39 is 18.4 Å². The molecule has 0 bridgehead atoms. The Morgan fingerprint density at radius 2 is 1.86 bits per heavy atom. The summed E-state index contributed by atoms with van der Waals surface area (Å²) >= 11 is 0. The van der Waals surface area contributed by atoms with Gasteiger partial charge in [-0.05, 0) is 23.1 Å². The number of fused-ring (bicyclic) bond motifs is 1. The SMILES string of the molecule is CC(C)(C)COC(=O)Oc1cc([C@H]2Oc3cc(O)cc(O)c3C[C@H]2O)ccc1O. The highest BCUT2D eigenvalue weighted by atomic mass is 16.7. The largest absolute Gasteiger partial charge is 0.513 e. The number of phenols is 3. The zero-order chi connectivity index (χ0) is 21.3. The van der Waals surface area contributed by atoms with Gasteiger partial charge in [-0.3, -0.25) is 0 Å². The highest BCUT2D eigenvalue weighted by Gasteiger charge is 2.32. The summed E-state index contributed by atoms with van der Waals surface area (Å²) in [4.78, 5) is 11.9. The molecule has 8 heteroatoms. The van der Waals surface area contributed by atoms with Crippen molar-refractivity contribution in [2.24, 2.45) is 5.41 Å². The molecule has 2 aromatic rings. The first-order chi connectivity index (χ1) is 13.5. The Balaban J connectivity index is 1.81. The van der Waals surface area contributed by atoms with E-state index in [9.17, 15) is 25.2 Å². The monoisotopic (exact) mass is 404 g/mol. The van der Waals surface area contributed by atoms with Crippen molar-refractivity contribution in [3.8, 4) is 28.7 Å². The average molecular weight is 404 g/mol. The van der Waals surface area contributed by atoms with E-state index in [2.05, 4.69) is 0 Å². The summed E-state index contributed by atoms with van der Waals surface area (Å²) in [7, 11) is 0. The molecule has 1 heterocycles. The number of carbonyl (C=O) groups excluding carboxylic acids is 1. The minimum atomic E-state index is -1.01. The molecule has 0 aromatic heterocycles. The second kappa shape index (κ2) is 7.71. The average Bonchev–Trinajstić information content (AvgIpc) is 2.61. The first-order valence-corrected chi connectivity index (χ1v) is 9.10. The Kier molecular flexibility index (Phi) is 5.48. The van der Waals surface area contributed by atoms with Gasteiger partial charge in [0.2, 0.25) is 0 Å². The van der Waals surface area contributed by atoms with Crippen LogP contribution in [0.4, 0.5) is 4.79 Å². The quantitative estimate of drug-likeness (QED) is 0.453. The van der Waals surface area contributed by atoms with E-state index in [0.29, 0.717) is 11.1 Å². The first kappa shape index (κ1) is 20.6. The van der Waals surface area contributed by atoms with Gasteiger partial charge in [-0.2, -0.15) is 0 Å². The standard InChI is InChI=1S/C21H24O8/c1-21(2,3)10-27-20(26)29-18-6-11(4-5-14(18)23)19-16(25)9-13-15(24)7-12(22)8-17(13)28-19/h4-8,16,19,22-25H,9-10H2,1-3H3/t16-,19-/m1/s1. The Labute approximate surface area is 167 Å². The Bertz CT molecular complexity index is 916. The van der Waals surface area contributed by atoms with Crippen LogP contribution < -0.4 is 9.47 Å². The number of benzene rings is 2. The lowest BCUT2D eigenvalue weighted by Crippen LogP contribution is -2.30. The lowest BCUT2D eigenvalue weighted by Gasteiger charge is -2.31. The summed E-state index contributed by atoms with van der Waals surface area (Å²) in [6.07, 6.45) is -2.74. The van der Waals surface area contributed by atoms with E-state index in [1.165, 1.54) is 30.3 Å². The molecule has 2 aromatic carbocycles. The van der Waals surface area contributed by atoms with Gasteiger partial charge in [0, 0.05) is 24.1 Å². The Morgan fingerprint density at radius 3 is 2.55 bits per heavy atom. The zero-order valence-corrected chi connectivity index (χ0v) is 16.4. The Morgan fingerprint density at radius 1 is 1.14 bits per heavy atom. The third-order valence-electron chi connectivity index (χ3n) is 4.32. The minimum Gasteiger partial charge on any atom is -0.508 e. The number of aromatic hydroxyl groups is 3. The van der Waals surface area contributed by atoms with Crippen LogP contribution in [0.5, 0.6) is 28.7 Å². The molecule has 2 atom stereocenters. The predicted octanol–water partition coefficient (Wildman–Crippen LogP) is 3.40. The predicted molar refractivity (Wildman–Crippen MR) is 102 cm³/mol. The highest BCUT2D eigenvalue weighted by Crippen LogP contribution is 2.43. The second-order valence-corrected chi connectivity index (χ2v) is 8.18. The molecule has 0 spiro atoms. The van der Waals surface area contributed by atoms with Crippen molar-refractivity contribution in [2.45, 2.75) is 39.4 Å². The summed E-state index contributed by atoms with van der Waals surface area (Å²) in [5.74, 6) is -0.524. The van der Waals surface area contributed by atoms with Gasteiger partial charge in [0.1, 0.15) is 23.4 Å². The van der Waals surface area contributed by atoms with Gasteiger partial charge in [0.25, 0.3) is 0 Å². The van der Waals surface area contributed by atoms with E-state index >= 15 is 0 Å². The van der Waals surface area contributed by atoms with Gasteiger partial charge in [0.05, 0.1) is 12.7 Å². The number of aliphatic hydroxyl groups is 1. The van der Waals surface area contributed by atoms with Crippen molar-refractivity contribution >= 4 is 6.16 Å². The molecular weight excluding hydrogens is 380 g/mol. The Hall–Kier alpha value is -3.13. The van der Waals surface area contributed by atoms with E-state index in [0.717, 1.165) is 0 Å². The molecule has 0 saturated heterocycles. The van der Waals surface area contributed by atoms with E-state index in [4.69, 9.17) is 14.2 Å². The molecule has 0 radical (unpaired) electrons. The maximum atomic E-state index is 11.9. The number of hydrogen-bond donors (Lipinski definition) is 4. The molecule has 0 fully saturated rings. The van der Waals surface area contributed by atoms with Crippen LogP contribution in [0.15, 0.2) is 30.3 Å². The molecule has 1 aliphatic heterocycles. The van der Waals surface area contributed by atoms with Gasteiger partial charge in [-0.15, -0.1) is 0 Å². The van der Waals surface area contributed by atoms with Crippen molar-refractivity contribution in [1.29, 1.82) is 0 Å². The molecule has 0 aliphatic carbocycles. The van der Waals surface area contributed by atoms with Crippen LogP contribution in [-0.4, -0.2) is 39.3 Å². The van der Waals surface area contributed by atoms with Gasteiger partial charge in [-0.25, -0.2) is 4.79 Å². The van der Waals surface area contributed by atoms with Crippen molar-refractivity contribution in [3.63, 3.8) is 0 Å². The second-order valence-electron chi connectivity index (χ2n) is 8.18. The van der Waals surface area contributed by atoms with E-state index in [1.807, 2.05) is 20.8 Å². The summed E-state index contributed by atoms with van der Waals surface area (Å²) < 4.78 is 15.9. The van der Waals surface area contributed by atoms with Crippen molar-refractivity contribution in [2.75, 3.05) is 6.61 Å². The maximum Gasteiger partial charge on any atom is 0.513 e. The summed E-state index contributed by atoms with van der Waals surface area (Å²) in [6.45, 7) is 5.83. The fraction of sp³-hybridized carbons (Fsp3) is 0.381. The smallest absolute Gasteiger partial charge is 0.508 e. The van der Waals surface area contributed by atoms with Crippen LogP contribution in [0.3, 0.4) is 0 Å². The van der Waals surface area contributed by atoms with Crippen LogP contribution in [0.25, 0.3) is 0 Å². The number of hydrogen-bond acceptors (Lipinski definition) is 8. The summed E-state index contributed by atoms with van der Waals surface area (Å²) in [5, 5.41) is 40.1. The van der Waals surface area contributed by atoms with Gasteiger partial charge in [-0.1, -0.05) is 26.8 Å². The molecular formula is C21H24O8. The number of aliphatic hydroxyl groups excluding tert-OH is 1. The first-order valence-electron chi connectivity index (χ1n) is 9.10. The fourth-order valence-corrected chi connectivity index (χ4v) is 2.93. The zero-order valence-electron chi connectivity index (χ0n) is 16.4. The van der Waals surface area contributed by atoms with Crippen molar-refractivity contribution < 1.29 is 39.4 Å². The number of phenolic OH excluding ortho intramolecular Hbond substituents is 3. The number of ether oxygens (including phenoxy) is 3. The van der Waals surface area contributed by atoms with E-state index in [1.54, 1.807) is 0 Å². The summed E-state index contributed by atoms with van der Waals surface area (Å²) in [6, 6.07) is 6.72. The molecule has 1 aliphatic rings. The molecule has 3 rings (SSSR count). The topological polar surface area (TPSA) is 126 Å². The molecule has 4 N–H and O–H groups in total. The lowest BCUT2D eigenvalue weighted by molar-refractivity contribution is 0.0196. The van der Waals surface area contributed by atoms with Gasteiger partial charge >= 0.3 is 6.16 Å². The normalized spacial score (nSPS) is 18.5. The molecule has 0 unspecified atom stereocenters. The molecule has 156 valence electrons. The lowest BCUT2D eigenvalue weighted by atomic mass is 9.94. The van der Waals surface area contributed by atoms with E-state index in [-0.39, 0.29) is 47.2 Å². The van der Waals surface area contributed by atoms with Crippen LogP contribution in [0.1, 0.15) is 38.0 Å². The maximum absolute atomic E-state index is 11.9. The number of carbonyl (C=O) groups is 1. The third-order valence-corrected chi connectivity index (χ3v) is 4.32. The van der Waals surface area contributed by atoms with Crippen LogP contribution in [-0.2, 0) is 11.2 Å². The summed E-state index contributed by atoms with van der Waals surface area (Å²) in [5.41, 5.74) is 0.572. The highest BCUT2D eigenvalue weighted by molar-refractivity contribution is 5.65.